The highest BCUT2D eigenvalue weighted by Crippen LogP contribution is 2.16. The van der Waals surface area contributed by atoms with E-state index in [4.69, 9.17) is 4.74 Å². The van der Waals surface area contributed by atoms with Gasteiger partial charge in [0.1, 0.15) is 0 Å². The number of likely N-dealkylation sites (tertiary alicyclic amines) is 1. The number of benzene rings is 2. The fourth-order valence-corrected chi connectivity index (χ4v) is 2.95. The molecule has 0 atom stereocenters. The van der Waals surface area contributed by atoms with Crippen molar-refractivity contribution in [2.24, 2.45) is 0 Å². The molecule has 3 rings (SSSR count). The molecule has 2 aromatic rings. The molecule has 33 heavy (non-hydrogen) atoms. The van der Waals surface area contributed by atoms with Crippen molar-refractivity contribution in [3.63, 3.8) is 0 Å². The Kier molecular flexibility index (Phi) is 7.44. The molecular formula is C22H19F2N3O6. The summed E-state index contributed by atoms with van der Waals surface area (Å²) < 4.78 is 30.9. The van der Waals surface area contributed by atoms with Crippen molar-refractivity contribution in [1.29, 1.82) is 0 Å². The highest BCUT2D eigenvalue weighted by molar-refractivity contribution is 6.01. The molecule has 172 valence electrons. The number of hydrogen-bond acceptors (Lipinski definition) is 6. The molecular weight excluding hydrogens is 440 g/mol. The summed E-state index contributed by atoms with van der Waals surface area (Å²) >= 11 is 0. The number of imide groups is 1. The number of nitrogens with zero attached hydrogens (tertiary/aromatic N) is 1. The summed E-state index contributed by atoms with van der Waals surface area (Å²) in [5, 5.41) is 4.51. The maximum atomic E-state index is 13.1. The van der Waals surface area contributed by atoms with E-state index in [-0.39, 0.29) is 42.5 Å². The van der Waals surface area contributed by atoms with E-state index in [1.807, 2.05) is 0 Å². The van der Waals surface area contributed by atoms with Crippen LogP contribution in [0.2, 0.25) is 0 Å². The minimum Gasteiger partial charge on any atom is -0.452 e. The molecule has 1 saturated heterocycles. The first kappa shape index (κ1) is 23.5. The fourth-order valence-electron chi connectivity index (χ4n) is 2.95. The molecule has 4 amide bonds. The van der Waals surface area contributed by atoms with Crippen LogP contribution in [-0.2, 0) is 30.5 Å². The van der Waals surface area contributed by atoms with Crippen molar-refractivity contribution < 1.29 is 37.5 Å². The summed E-state index contributed by atoms with van der Waals surface area (Å²) in [6.07, 6.45) is 0.384. The Bertz CT molecular complexity index is 1090. The van der Waals surface area contributed by atoms with E-state index in [1.54, 1.807) is 12.1 Å². The van der Waals surface area contributed by atoms with Crippen molar-refractivity contribution in [3.8, 4) is 0 Å². The minimum absolute atomic E-state index is 0.0153. The number of ether oxygens (including phenoxy) is 1. The average Bonchev–Trinajstić information content (AvgIpc) is 3.11. The molecule has 11 heteroatoms. The number of anilines is 1. The number of nitrogens with one attached hydrogen (secondary N) is 2. The van der Waals surface area contributed by atoms with Gasteiger partial charge in [0.05, 0.1) is 18.7 Å². The number of rotatable bonds is 8. The van der Waals surface area contributed by atoms with E-state index in [2.05, 4.69) is 10.6 Å². The van der Waals surface area contributed by atoms with Gasteiger partial charge in [0.2, 0.25) is 17.7 Å². The van der Waals surface area contributed by atoms with Crippen LogP contribution in [0.15, 0.2) is 42.5 Å². The van der Waals surface area contributed by atoms with E-state index in [0.717, 1.165) is 23.1 Å². The number of carbonyl (C=O) groups excluding carboxylic acids is 5. The maximum Gasteiger partial charge on any atom is 0.338 e. The Morgan fingerprint density at radius 2 is 1.58 bits per heavy atom. The van der Waals surface area contributed by atoms with Crippen LogP contribution in [0.5, 0.6) is 0 Å². The summed E-state index contributed by atoms with van der Waals surface area (Å²) in [6, 6.07) is 8.82. The van der Waals surface area contributed by atoms with E-state index in [0.29, 0.717) is 5.56 Å². The summed E-state index contributed by atoms with van der Waals surface area (Å²) in [4.78, 5) is 60.1. The zero-order valence-electron chi connectivity index (χ0n) is 17.2. The Morgan fingerprint density at radius 3 is 2.21 bits per heavy atom. The van der Waals surface area contributed by atoms with Crippen LogP contribution < -0.4 is 10.6 Å². The SMILES string of the molecule is O=C(COC(=O)c1ccc(CN2C(=O)CCC2=O)cc1)NCC(=O)Nc1ccc(F)c(F)c1. The average molecular weight is 459 g/mol. The van der Waals surface area contributed by atoms with Gasteiger partial charge >= 0.3 is 5.97 Å². The van der Waals surface area contributed by atoms with Gasteiger partial charge < -0.3 is 15.4 Å². The van der Waals surface area contributed by atoms with E-state index in [9.17, 15) is 32.8 Å². The second-order valence-electron chi connectivity index (χ2n) is 7.10. The van der Waals surface area contributed by atoms with Crippen LogP contribution in [0.4, 0.5) is 14.5 Å². The third-order valence-electron chi connectivity index (χ3n) is 4.67. The van der Waals surface area contributed by atoms with Crippen LogP contribution in [0.1, 0.15) is 28.8 Å². The first-order chi connectivity index (χ1) is 15.7. The van der Waals surface area contributed by atoms with Crippen LogP contribution in [0.25, 0.3) is 0 Å². The molecule has 0 unspecified atom stereocenters. The molecule has 1 aliphatic heterocycles. The van der Waals surface area contributed by atoms with Crippen molar-refractivity contribution in [2.75, 3.05) is 18.5 Å². The predicted molar refractivity (Wildman–Crippen MR) is 110 cm³/mol. The number of hydrogen-bond donors (Lipinski definition) is 2. The number of carbonyl (C=O) groups is 5. The molecule has 0 aliphatic carbocycles. The third kappa shape index (κ3) is 6.42. The number of esters is 1. The normalized spacial score (nSPS) is 13.1. The molecule has 9 nitrogen and oxygen atoms in total. The summed E-state index contributed by atoms with van der Waals surface area (Å²) in [7, 11) is 0. The van der Waals surface area contributed by atoms with Crippen molar-refractivity contribution in [2.45, 2.75) is 19.4 Å². The van der Waals surface area contributed by atoms with Crippen LogP contribution >= 0.6 is 0 Å². The Hall–Kier alpha value is -4.15. The third-order valence-corrected chi connectivity index (χ3v) is 4.67. The highest BCUT2D eigenvalue weighted by atomic mass is 19.2. The van der Waals surface area contributed by atoms with Gasteiger partial charge in [-0.1, -0.05) is 12.1 Å². The topological polar surface area (TPSA) is 122 Å². The molecule has 2 N–H and O–H groups in total. The van der Waals surface area contributed by atoms with Gasteiger partial charge in [-0.2, -0.15) is 0 Å². The van der Waals surface area contributed by atoms with E-state index >= 15 is 0 Å². The second-order valence-corrected chi connectivity index (χ2v) is 7.10. The van der Waals surface area contributed by atoms with Gasteiger partial charge in [-0.15, -0.1) is 0 Å². The highest BCUT2D eigenvalue weighted by Gasteiger charge is 2.28. The maximum absolute atomic E-state index is 13.1. The summed E-state index contributed by atoms with van der Waals surface area (Å²) in [5.74, 6) is -4.89. The Labute approximate surface area is 186 Å². The van der Waals surface area contributed by atoms with Crippen LogP contribution in [0, 0.1) is 11.6 Å². The Balaban J connectivity index is 1.41. The zero-order chi connectivity index (χ0) is 24.0. The second kappa shape index (κ2) is 10.4. The van der Waals surface area contributed by atoms with E-state index in [1.165, 1.54) is 12.1 Å². The van der Waals surface area contributed by atoms with Gasteiger partial charge in [-0.3, -0.25) is 24.1 Å². The quantitative estimate of drug-likeness (QED) is 0.456. The van der Waals surface area contributed by atoms with Crippen molar-refractivity contribution in [1.82, 2.24) is 10.2 Å². The first-order valence-electron chi connectivity index (χ1n) is 9.84. The molecule has 0 spiro atoms. The van der Waals surface area contributed by atoms with Crippen LogP contribution in [0.3, 0.4) is 0 Å². The predicted octanol–water partition coefficient (Wildman–Crippen LogP) is 1.53. The standard InChI is InChI=1S/C22H19F2N3O6/c23-16-6-5-15(9-17(16)24)26-18(28)10-25-19(29)12-33-22(32)14-3-1-13(2-4-14)11-27-20(30)7-8-21(27)31/h1-6,9H,7-8,10-12H2,(H,25,29)(H,26,28). The lowest BCUT2D eigenvalue weighted by atomic mass is 10.1. The minimum atomic E-state index is -1.13. The van der Waals surface area contributed by atoms with Gasteiger partial charge in [0, 0.05) is 24.6 Å². The number of halogens is 2. The lowest BCUT2D eigenvalue weighted by molar-refractivity contribution is -0.139. The largest absolute Gasteiger partial charge is 0.452 e. The zero-order valence-corrected chi connectivity index (χ0v) is 17.2. The fraction of sp³-hybridized carbons (Fsp3) is 0.227. The molecule has 0 aromatic heterocycles. The molecule has 1 heterocycles. The van der Waals surface area contributed by atoms with Gasteiger partial charge in [-0.25, -0.2) is 13.6 Å². The molecule has 1 aliphatic rings. The molecule has 0 radical (unpaired) electrons. The number of amides is 4. The molecule has 0 bridgehead atoms. The molecule has 2 aromatic carbocycles. The first-order valence-corrected chi connectivity index (χ1v) is 9.84. The summed E-state index contributed by atoms with van der Waals surface area (Å²) in [5.41, 5.74) is 0.822. The van der Waals surface area contributed by atoms with Gasteiger partial charge in [0.25, 0.3) is 5.91 Å². The molecule has 1 fully saturated rings. The van der Waals surface area contributed by atoms with Crippen molar-refractivity contribution in [3.05, 3.63) is 65.2 Å². The lowest BCUT2D eigenvalue weighted by Gasteiger charge is -2.13. The van der Waals surface area contributed by atoms with E-state index < -0.39 is 42.6 Å². The lowest BCUT2D eigenvalue weighted by Crippen LogP contribution is -2.35. The van der Waals surface area contributed by atoms with Gasteiger partial charge in [0.15, 0.2) is 18.2 Å². The smallest absolute Gasteiger partial charge is 0.338 e. The monoisotopic (exact) mass is 459 g/mol. The van der Waals surface area contributed by atoms with Gasteiger partial charge in [-0.05, 0) is 29.8 Å². The molecule has 0 saturated carbocycles. The Morgan fingerprint density at radius 1 is 0.909 bits per heavy atom. The summed E-state index contributed by atoms with van der Waals surface area (Å²) in [6.45, 7) is -1.00. The van der Waals surface area contributed by atoms with Crippen LogP contribution in [-0.4, -0.2) is 47.6 Å². The van der Waals surface area contributed by atoms with Crippen molar-refractivity contribution >= 4 is 35.3 Å².